The molecule has 1 aromatic rings. The second kappa shape index (κ2) is 7.95. The van der Waals surface area contributed by atoms with Gasteiger partial charge in [-0.25, -0.2) is 0 Å². The van der Waals surface area contributed by atoms with Crippen LogP contribution in [0.1, 0.15) is 19.8 Å². The predicted molar refractivity (Wildman–Crippen MR) is 98.5 cm³/mol. The summed E-state index contributed by atoms with van der Waals surface area (Å²) in [6, 6.07) is 5.01. The highest BCUT2D eigenvalue weighted by atomic mass is 16.5. The first-order valence-electron chi connectivity index (χ1n) is 9.08. The minimum Gasteiger partial charge on any atom is -0.497 e. The lowest BCUT2D eigenvalue weighted by molar-refractivity contribution is -0.135. The first kappa shape index (κ1) is 18.5. The van der Waals surface area contributed by atoms with E-state index in [2.05, 4.69) is 10.2 Å². The van der Waals surface area contributed by atoms with Gasteiger partial charge in [0.1, 0.15) is 11.5 Å². The van der Waals surface area contributed by atoms with Crippen molar-refractivity contribution in [3.8, 4) is 11.5 Å². The van der Waals surface area contributed by atoms with Crippen molar-refractivity contribution in [2.24, 2.45) is 5.92 Å². The third-order valence-corrected chi connectivity index (χ3v) is 5.10. The fraction of sp³-hybridized carbons (Fsp3) is 0.579. The Labute approximate surface area is 154 Å². The van der Waals surface area contributed by atoms with Gasteiger partial charge in [-0.1, -0.05) is 0 Å². The van der Waals surface area contributed by atoms with Crippen LogP contribution in [0.4, 0.5) is 5.69 Å². The summed E-state index contributed by atoms with van der Waals surface area (Å²) in [6.45, 7) is 4.72. The maximum atomic E-state index is 12.6. The van der Waals surface area contributed by atoms with Gasteiger partial charge in [-0.2, -0.15) is 0 Å². The number of carbonyl (C=O) groups is 2. The molecule has 1 aromatic carbocycles. The quantitative estimate of drug-likeness (QED) is 0.833. The standard InChI is InChI=1S/C19H27N3O4/c1-13(21-6-8-22(9-7-21)19(24)14-4-5-14)18(23)20-15-10-16(25-2)12-17(11-15)26-3/h10-14H,4-9H2,1-3H3,(H,20,23). The molecule has 1 heterocycles. The number of amides is 2. The van der Waals surface area contributed by atoms with Crippen LogP contribution in [-0.4, -0.2) is 68.1 Å². The van der Waals surface area contributed by atoms with E-state index in [1.165, 1.54) is 0 Å². The minimum absolute atomic E-state index is 0.0812. The summed E-state index contributed by atoms with van der Waals surface area (Å²) in [7, 11) is 3.15. The van der Waals surface area contributed by atoms with Crippen LogP contribution in [0.15, 0.2) is 18.2 Å². The molecule has 0 aromatic heterocycles. The number of hydrogen-bond acceptors (Lipinski definition) is 5. The molecular formula is C19H27N3O4. The average Bonchev–Trinajstić information content (AvgIpc) is 3.51. The van der Waals surface area contributed by atoms with Gasteiger partial charge >= 0.3 is 0 Å². The van der Waals surface area contributed by atoms with Crippen LogP contribution >= 0.6 is 0 Å². The molecule has 1 saturated heterocycles. The molecule has 142 valence electrons. The summed E-state index contributed by atoms with van der Waals surface area (Å²) in [5.41, 5.74) is 0.639. The Morgan fingerprint density at radius 3 is 2.12 bits per heavy atom. The molecule has 0 spiro atoms. The maximum absolute atomic E-state index is 12.6. The minimum atomic E-state index is -0.273. The van der Waals surface area contributed by atoms with Crippen molar-refractivity contribution in [2.45, 2.75) is 25.8 Å². The molecule has 3 rings (SSSR count). The van der Waals surface area contributed by atoms with E-state index in [-0.39, 0.29) is 23.8 Å². The molecular weight excluding hydrogens is 334 g/mol. The number of benzene rings is 1. The van der Waals surface area contributed by atoms with E-state index in [9.17, 15) is 9.59 Å². The van der Waals surface area contributed by atoms with Crippen molar-refractivity contribution in [3.05, 3.63) is 18.2 Å². The summed E-state index contributed by atoms with van der Waals surface area (Å²) >= 11 is 0. The van der Waals surface area contributed by atoms with Crippen LogP contribution in [0.3, 0.4) is 0 Å². The van der Waals surface area contributed by atoms with Crippen molar-refractivity contribution < 1.29 is 19.1 Å². The number of nitrogens with one attached hydrogen (secondary N) is 1. The maximum Gasteiger partial charge on any atom is 0.241 e. The average molecular weight is 361 g/mol. The number of ether oxygens (including phenoxy) is 2. The molecule has 1 N–H and O–H groups in total. The number of carbonyl (C=O) groups excluding carboxylic acids is 2. The van der Waals surface area contributed by atoms with Crippen molar-refractivity contribution in [1.29, 1.82) is 0 Å². The molecule has 1 saturated carbocycles. The summed E-state index contributed by atoms with van der Waals surface area (Å²) in [6.07, 6.45) is 2.06. The smallest absolute Gasteiger partial charge is 0.241 e. The Bertz CT molecular complexity index is 644. The van der Waals surface area contributed by atoms with Crippen LogP contribution < -0.4 is 14.8 Å². The van der Waals surface area contributed by atoms with Crippen molar-refractivity contribution in [1.82, 2.24) is 9.80 Å². The predicted octanol–water partition coefficient (Wildman–Crippen LogP) is 1.58. The molecule has 1 unspecified atom stereocenters. The fourth-order valence-electron chi connectivity index (χ4n) is 3.21. The molecule has 0 bridgehead atoms. The zero-order chi connectivity index (χ0) is 18.7. The van der Waals surface area contributed by atoms with Crippen LogP contribution in [0.5, 0.6) is 11.5 Å². The monoisotopic (exact) mass is 361 g/mol. The Morgan fingerprint density at radius 1 is 1.04 bits per heavy atom. The lowest BCUT2D eigenvalue weighted by atomic mass is 10.2. The van der Waals surface area contributed by atoms with Crippen LogP contribution in [-0.2, 0) is 9.59 Å². The Hall–Kier alpha value is -2.28. The third kappa shape index (κ3) is 4.27. The molecule has 1 aliphatic carbocycles. The zero-order valence-corrected chi connectivity index (χ0v) is 15.7. The summed E-state index contributed by atoms with van der Waals surface area (Å²) in [5, 5.41) is 2.93. The second-order valence-electron chi connectivity index (χ2n) is 6.90. The first-order chi connectivity index (χ1) is 12.5. The molecule has 7 nitrogen and oxygen atoms in total. The van der Waals surface area contributed by atoms with Crippen LogP contribution in [0.25, 0.3) is 0 Å². The lowest BCUT2D eigenvalue weighted by Crippen LogP contribution is -2.54. The van der Waals surface area contributed by atoms with Gasteiger partial charge in [0.2, 0.25) is 11.8 Å². The summed E-state index contributed by atoms with van der Waals surface area (Å²) < 4.78 is 10.5. The van der Waals surface area contributed by atoms with Crippen molar-refractivity contribution >= 4 is 17.5 Å². The number of anilines is 1. The molecule has 2 amide bonds. The zero-order valence-electron chi connectivity index (χ0n) is 15.7. The van der Waals surface area contributed by atoms with E-state index in [1.807, 2.05) is 11.8 Å². The van der Waals surface area contributed by atoms with Gasteiger partial charge in [0.25, 0.3) is 0 Å². The van der Waals surface area contributed by atoms with E-state index >= 15 is 0 Å². The van der Waals surface area contributed by atoms with Gasteiger partial charge in [0, 0.05) is 56.0 Å². The summed E-state index contributed by atoms with van der Waals surface area (Å²) in [4.78, 5) is 28.8. The van der Waals surface area contributed by atoms with Gasteiger partial charge in [-0.3, -0.25) is 14.5 Å². The van der Waals surface area contributed by atoms with Gasteiger partial charge in [-0.15, -0.1) is 0 Å². The Balaban J connectivity index is 1.55. The first-order valence-corrected chi connectivity index (χ1v) is 9.08. The Kier molecular flexibility index (Phi) is 5.66. The Morgan fingerprint density at radius 2 is 1.62 bits per heavy atom. The fourth-order valence-corrected chi connectivity index (χ4v) is 3.21. The topological polar surface area (TPSA) is 71.1 Å². The largest absolute Gasteiger partial charge is 0.497 e. The highest BCUT2D eigenvalue weighted by molar-refractivity contribution is 5.95. The van der Waals surface area contributed by atoms with Crippen LogP contribution in [0, 0.1) is 5.92 Å². The summed E-state index contributed by atoms with van der Waals surface area (Å²) in [5.74, 6) is 1.71. The molecule has 7 heteroatoms. The highest BCUT2D eigenvalue weighted by Crippen LogP contribution is 2.31. The molecule has 26 heavy (non-hydrogen) atoms. The number of nitrogens with zero attached hydrogens (tertiary/aromatic N) is 2. The van der Waals surface area contributed by atoms with E-state index in [0.29, 0.717) is 43.4 Å². The lowest BCUT2D eigenvalue weighted by Gasteiger charge is -2.37. The van der Waals surface area contributed by atoms with Crippen molar-refractivity contribution in [3.63, 3.8) is 0 Å². The van der Waals surface area contributed by atoms with Gasteiger partial charge in [-0.05, 0) is 19.8 Å². The van der Waals surface area contributed by atoms with Crippen LogP contribution in [0.2, 0.25) is 0 Å². The van der Waals surface area contributed by atoms with Gasteiger partial charge in [0.05, 0.1) is 20.3 Å². The number of methoxy groups -OCH3 is 2. The molecule has 0 radical (unpaired) electrons. The van der Waals surface area contributed by atoms with E-state index in [1.54, 1.807) is 32.4 Å². The molecule has 2 aliphatic rings. The highest BCUT2D eigenvalue weighted by Gasteiger charge is 2.35. The number of hydrogen-bond donors (Lipinski definition) is 1. The number of rotatable bonds is 6. The molecule has 1 aliphatic heterocycles. The normalized spacial score (nSPS) is 19.0. The number of piperazine rings is 1. The molecule has 2 fully saturated rings. The SMILES string of the molecule is COc1cc(NC(=O)C(C)N2CCN(C(=O)C3CC3)CC2)cc(OC)c1. The van der Waals surface area contributed by atoms with Gasteiger partial charge < -0.3 is 19.7 Å². The van der Waals surface area contributed by atoms with E-state index < -0.39 is 0 Å². The van der Waals surface area contributed by atoms with E-state index in [0.717, 1.165) is 12.8 Å². The van der Waals surface area contributed by atoms with E-state index in [4.69, 9.17) is 9.47 Å². The van der Waals surface area contributed by atoms with Gasteiger partial charge in [0.15, 0.2) is 0 Å². The second-order valence-corrected chi connectivity index (χ2v) is 6.90. The third-order valence-electron chi connectivity index (χ3n) is 5.10. The molecule has 1 atom stereocenters. The van der Waals surface area contributed by atoms with Crippen molar-refractivity contribution in [2.75, 3.05) is 45.7 Å².